The predicted molar refractivity (Wildman–Crippen MR) is 129 cm³/mol. The highest BCUT2D eigenvalue weighted by molar-refractivity contribution is 7.26. The summed E-state index contributed by atoms with van der Waals surface area (Å²) >= 11 is 6.19. The molecule has 0 bridgehead atoms. The second kappa shape index (κ2) is 6.14. The van der Waals surface area contributed by atoms with Gasteiger partial charge in [-0.3, -0.25) is 0 Å². The van der Waals surface area contributed by atoms with Crippen LogP contribution in [0.2, 0.25) is 0 Å². The normalized spacial score (nSPS) is 12.2. The smallest absolute Gasteiger partial charge is 0.113 e. The van der Waals surface area contributed by atoms with E-state index >= 15 is 0 Å². The molecule has 7 aromatic rings. The second-order valence-electron chi connectivity index (χ2n) is 7.09. The zero-order valence-corrected chi connectivity index (χ0v) is 18.8. The van der Waals surface area contributed by atoms with Gasteiger partial charge in [0, 0.05) is 33.3 Å². The number of rotatable bonds is 2. The fraction of sp³-hybridized carbons (Fsp3) is 0.0476. The number of hydrogen-bond donors (Lipinski definition) is 0. The van der Waals surface area contributed by atoms with Crippen molar-refractivity contribution in [1.29, 1.82) is 0 Å². The first-order chi connectivity index (χ1) is 14.8. The molecule has 7 rings (SSSR count). The molecule has 0 saturated heterocycles. The summed E-state index contributed by atoms with van der Waals surface area (Å²) in [7, 11) is 2.15. The molecule has 0 unspecified atom stereocenters. The van der Waals surface area contributed by atoms with Crippen molar-refractivity contribution >= 4 is 88.6 Å². The molecule has 0 saturated carbocycles. The zero-order valence-electron chi connectivity index (χ0n) is 15.5. The van der Waals surface area contributed by atoms with Gasteiger partial charge in [-0.25, -0.2) is 0 Å². The van der Waals surface area contributed by atoms with Gasteiger partial charge in [0.05, 0.1) is 33.7 Å². The number of thiophene rings is 2. The van der Waals surface area contributed by atoms with Gasteiger partial charge in [-0.1, -0.05) is 24.3 Å². The molecular weight excluding hydrogens is 451 g/mol. The maximum absolute atomic E-state index is 4.52. The molecule has 0 aliphatic rings. The Labute approximate surface area is 186 Å². The van der Waals surface area contributed by atoms with Crippen LogP contribution in [0.3, 0.4) is 0 Å². The summed E-state index contributed by atoms with van der Waals surface area (Å²) in [6.07, 6.45) is 0. The molecule has 144 valence electrons. The summed E-state index contributed by atoms with van der Waals surface area (Å²) in [6.45, 7) is 0. The Hall–Kier alpha value is -2.72. The fourth-order valence-corrected chi connectivity index (χ4v) is 7.56. The van der Waals surface area contributed by atoms with E-state index in [1.54, 1.807) is 0 Å². The second-order valence-corrected chi connectivity index (χ2v) is 10.2. The molecule has 30 heavy (non-hydrogen) atoms. The summed E-state index contributed by atoms with van der Waals surface area (Å²) in [5, 5.41) is 1.30. The van der Waals surface area contributed by atoms with Crippen LogP contribution in [-0.4, -0.2) is 22.1 Å². The standard InChI is InChI=1S/C21H11N5S4/c1-26-15-9-17(11-5-3-7-14-19(11)25-30-23-14)27-20(15)12-8-16(28-21(12)26)10-4-2-6-13-18(10)24-29-22-13/h2-9H,1H3. The van der Waals surface area contributed by atoms with Crippen molar-refractivity contribution in [1.82, 2.24) is 22.1 Å². The van der Waals surface area contributed by atoms with Gasteiger partial charge in [-0.15, -0.1) is 22.7 Å². The van der Waals surface area contributed by atoms with Crippen LogP contribution >= 0.6 is 46.1 Å². The van der Waals surface area contributed by atoms with Gasteiger partial charge in [0.15, 0.2) is 0 Å². The van der Waals surface area contributed by atoms with Crippen molar-refractivity contribution in [2.24, 2.45) is 7.05 Å². The van der Waals surface area contributed by atoms with Gasteiger partial charge in [0.1, 0.15) is 26.9 Å². The van der Waals surface area contributed by atoms with Crippen molar-refractivity contribution in [3.05, 3.63) is 48.5 Å². The van der Waals surface area contributed by atoms with E-state index in [4.69, 9.17) is 0 Å². The lowest BCUT2D eigenvalue weighted by Crippen LogP contribution is -1.83. The highest BCUT2D eigenvalue weighted by Crippen LogP contribution is 2.45. The van der Waals surface area contributed by atoms with Gasteiger partial charge in [-0.2, -0.15) is 17.5 Å². The van der Waals surface area contributed by atoms with Crippen molar-refractivity contribution in [2.45, 2.75) is 0 Å². The van der Waals surface area contributed by atoms with E-state index in [1.807, 2.05) is 34.8 Å². The van der Waals surface area contributed by atoms with Gasteiger partial charge in [-0.05, 0) is 24.3 Å². The van der Waals surface area contributed by atoms with E-state index in [0.29, 0.717) is 0 Å². The quantitative estimate of drug-likeness (QED) is 0.284. The maximum atomic E-state index is 4.52. The molecule has 0 aliphatic heterocycles. The van der Waals surface area contributed by atoms with E-state index in [-0.39, 0.29) is 0 Å². The average Bonchev–Trinajstić information content (AvgIpc) is 3.57. The number of hydrogen-bond acceptors (Lipinski definition) is 8. The van der Waals surface area contributed by atoms with Crippen LogP contribution in [0.15, 0.2) is 48.5 Å². The molecule has 0 spiro atoms. The minimum atomic E-state index is 0.961. The van der Waals surface area contributed by atoms with Crippen molar-refractivity contribution in [2.75, 3.05) is 0 Å². The van der Waals surface area contributed by atoms with Crippen LogP contribution in [0.1, 0.15) is 0 Å². The Bertz CT molecular complexity index is 1600. The van der Waals surface area contributed by atoms with Gasteiger partial charge < -0.3 is 4.57 Å². The lowest BCUT2D eigenvalue weighted by molar-refractivity contribution is 1.03. The summed E-state index contributed by atoms with van der Waals surface area (Å²) < 4.78 is 21.4. The molecule has 5 nitrogen and oxygen atoms in total. The van der Waals surface area contributed by atoms with Crippen LogP contribution in [0.4, 0.5) is 0 Å². The Kier molecular flexibility index (Phi) is 3.48. The van der Waals surface area contributed by atoms with Crippen LogP contribution in [0, 0.1) is 0 Å². The molecule has 2 aromatic carbocycles. The average molecular weight is 462 g/mol. The van der Waals surface area contributed by atoms with Crippen molar-refractivity contribution < 1.29 is 0 Å². The van der Waals surface area contributed by atoms with E-state index in [1.165, 1.54) is 53.6 Å². The monoisotopic (exact) mass is 461 g/mol. The highest BCUT2D eigenvalue weighted by Gasteiger charge is 2.19. The number of benzene rings is 2. The minimum Gasteiger partial charge on any atom is -0.335 e. The molecule has 0 aliphatic carbocycles. The lowest BCUT2D eigenvalue weighted by atomic mass is 10.1. The fourth-order valence-electron chi connectivity index (χ4n) is 4.00. The van der Waals surface area contributed by atoms with Crippen molar-refractivity contribution in [3.8, 4) is 20.9 Å². The van der Waals surface area contributed by atoms with Crippen LogP contribution < -0.4 is 0 Å². The number of aryl methyl sites for hydroxylation is 1. The van der Waals surface area contributed by atoms with Crippen LogP contribution in [0.5, 0.6) is 0 Å². The third-order valence-corrected chi connectivity index (χ3v) is 8.96. The lowest BCUT2D eigenvalue weighted by Gasteiger charge is -1.98. The van der Waals surface area contributed by atoms with E-state index in [0.717, 1.165) is 33.2 Å². The summed E-state index contributed by atoms with van der Waals surface area (Å²) in [5.74, 6) is 0. The summed E-state index contributed by atoms with van der Waals surface area (Å²) in [4.78, 5) is 3.75. The topological polar surface area (TPSA) is 56.5 Å². The first kappa shape index (κ1) is 17.0. The van der Waals surface area contributed by atoms with Crippen molar-refractivity contribution in [3.63, 3.8) is 0 Å². The Morgan fingerprint density at radius 3 is 2.03 bits per heavy atom. The molecule has 0 radical (unpaired) electrons. The highest BCUT2D eigenvalue weighted by atomic mass is 32.1. The molecule has 5 heterocycles. The van der Waals surface area contributed by atoms with E-state index < -0.39 is 0 Å². The molecule has 0 atom stereocenters. The largest absolute Gasteiger partial charge is 0.335 e. The van der Waals surface area contributed by atoms with Crippen LogP contribution in [0.25, 0.3) is 63.4 Å². The van der Waals surface area contributed by atoms with E-state index in [9.17, 15) is 0 Å². The van der Waals surface area contributed by atoms with E-state index in [2.05, 4.69) is 65.5 Å². The zero-order chi connectivity index (χ0) is 19.8. The molecule has 0 N–H and O–H groups in total. The number of aromatic nitrogens is 5. The summed E-state index contributed by atoms with van der Waals surface area (Å²) in [6, 6.07) is 17.0. The van der Waals surface area contributed by atoms with Gasteiger partial charge >= 0.3 is 0 Å². The first-order valence-corrected chi connectivity index (χ1v) is 12.3. The first-order valence-electron chi connectivity index (χ1n) is 9.23. The number of nitrogens with zero attached hydrogens (tertiary/aromatic N) is 5. The molecule has 5 aromatic heterocycles. The maximum Gasteiger partial charge on any atom is 0.113 e. The third kappa shape index (κ3) is 2.26. The van der Waals surface area contributed by atoms with Gasteiger partial charge in [0.25, 0.3) is 0 Å². The number of fused-ring (bicyclic) bond motifs is 5. The van der Waals surface area contributed by atoms with Gasteiger partial charge in [0.2, 0.25) is 0 Å². The van der Waals surface area contributed by atoms with Crippen LogP contribution in [-0.2, 0) is 7.05 Å². The molecule has 0 amide bonds. The molecular formula is C21H11N5S4. The third-order valence-electron chi connectivity index (χ3n) is 5.44. The Morgan fingerprint density at radius 1 is 0.733 bits per heavy atom. The predicted octanol–water partition coefficient (Wildman–Crippen LogP) is 6.80. The minimum absolute atomic E-state index is 0.961. The Morgan fingerprint density at radius 2 is 1.37 bits per heavy atom. The molecule has 0 fully saturated rings. The molecule has 9 heteroatoms. The Balaban J connectivity index is 1.46. The SMILES string of the molecule is Cn1c2cc(-c3cccc4nsnc34)sc2c2cc(-c3cccc4nsnc34)sc21. The summed E-state index contributed by atoms with van der Waals surface area (Å²) in [5.41, 5.74) is 7.47.